The van der Waals surface area contributed by atoms with Crippen molar-refractivity contribution in [2.24, 2.45) is 0 Å². The number of nitrogen functional groups attached to an aromatic ring is 1. The molecule has 5 nitrogen and oxygen atoms in total. The molecule has 114 valence electrons. The topological polar surface area (TPSA) is 84.2 Å². The van der Waals surface area contributed by atoms with Crippen LogP contribution in [0.15, 0.2) is 35.2 Å². The number of anilines is 2. The molecule has 0 unspecified atom stereocenters. The Labute approximate surface area is 129 Å². The SMILES string of the molecule is CCNS(=O)(=O)c1ccc(N)c(NCc2ccc(C)s2)c1. The number of sulfonamides is 1. The van der Waals surface area contributed by atoms with Gasteiger partial charge in [-0.05, 0) is 37.3 Å². The summed E-state index contributed by atoms with van der Waals surface area (Å²) in [5, 5.41) is 3.19. The van der Waals surface area contributed by atoms with Crippen molar-refractivity contribution in [1.82, 2.24) is 4.72 Å². The van der Waals surface area contributed by atoms with Crippen molar-refractivity contribution in [3.8, 4) is 0 Å². The molecule has 4 N–H and O–H groups in total. The van der Waals surface area contributed by atoms with E-state index < -0.39 is 10.0 Å². The highest BCUT2D eigenvalue weighted by Crippen LogP contribution is 2.24. The van der Waals surface area contributed by atoms with Gasteiger partial charge in [0, 0.05) is 22.8 Å². The van der Waals surface area contributed by atoms with Crippen LogP contribution < -0.4 is 15.8 Å². The van der Waals surface area contributed by atoms with Crippen LogP contribution in [-0.4, -0.2) is 15.0 Å². The minimum Gasteiger partial charge on any atom is -0.397 e. The van der Waals surface area contributed by atoms with E-state index in [1.807, 2.05) is 13.0 Å². The number of thiophene rings is 1. The van der Waals surface area contributed by atoms with E-state index in [1.165, 1.54) is 15.8 Å². The zero-order valence-corrected chi connectivity index (χ0v) is 13.6. The molecule has 0 radical (unpaired) electrons. The molecule has 0 amide bonds. The van der Waals surface area contributed by atoms with Gasteiger partial charge in [0.15, 0.2) is 0 Å². The van der Waals surface area contributed by atoms with Gasteiger partial charge in [-0.25, -0.2) is 13.1 Å². The number of aryl methyl sites for hydroxylation is 1. The summed E-state index contributed by atoms with van der Waals surface area (Å²) in [5.41, 5.74) is 7.05. The van der Waals surface area contributed by atoms with Crippen molar-refractivity contribution in [1.29, 1.82) is 0 Å². The predicted octanol–water partition coefficient (Wildman–Crippen LogP) is 2.55. The van der Waals surface area contributed by atoms with Crippen LogP contribution in [0.25, 0.3) is 0 Å². The molecule has 0 aliphatic carbocycles. The van der Waals surface area contributed by atoms with Crippen LogP contribution in [0.3, 0.4) is 0 Å². The first kappa shape index (κ1) is 15.8. The van der Waals surface area contributed by atoms with Crippen molar-refractivity contribution >= 4 is 32.7 Å². The lowest BCUT2D eigenvalue weighted by molar-refractivity contribution is 0.584. The Kier molecular flexibility index (Phi) is 4.87. The molecule has 0 saturated carbocycles. The molecular formula is C14H19N3O2S2. The van der Waals surface area contributed by atoms with E-state index in [2.05, 4.69) is 16.1 Å². The third-order valence-corrected chi connectivity index (χ3v) is 5.46. The van der Waals surface area contributed by atoms with Crippen LogP contribution in [0, 0.1) is 6.92 Å². The minimum absolute atomic E-state index is 0.211. The molecule has 0 spiro atoms. The molecule has 0 aliphatic heterocycles. The maximum Gasteiger partial charge on any atom is 0.240 e. The van der Waals surface area contributed by atoms with Gasteiger partial charge in [-0.3, -0.25) is 0 Å². The van der Waals surface area contributed by atoms with Crippen molar-refractivity contribution in [3.05, 3.63) is 40.1 Å². The Morgan fingerprint density at radius 1 is 1.24 bits per heavy atom. The highest BCUT2D eigenvalue weighted by atomic mass is 32.2. The summed E-state index contributed by atoms with van der Waals surface area (Å²) >= 11 is 1.70. The van der Waals surface area contributed by atoms with E-state index in [-0.39, 0.29) is 4.90 Å². The molecule has 1 aromatic carbocycles. The van der Waals surface area contributed by atoms with Crippen molar-refractivity contribution < 1.29 is 8.42 Å². The molecule has 2 rings (SSSR count). The van der Waals surface area contributed by atoms with Gasteiger partial charge in [-0.15, -0.1) is 11.3 Å². The summed E-state index contributed by atoms with van der Waals surface area (Å²) < 4.78 is 26.5. The lowest BCUT2D eigenvalue weighted by Crippen LogP contribution is -2.23. The quantitative estimate of drug-likeness (QED) is 0.713. The fourth-order valence-electron chi connectivity index (χ4n) is 1.89. The highest BCUT2D eigenvalue weighted by Gasteiger charge is 2.14. The van der Waals surface area contributed by atoms with E-state index in [1.54, 1.807) is 30.4 Å². The molecule has 2 aromatic rings. The first-order chi connectivity index (χ1) is 9.92. The van der Waals surface area contributed by atoms with Crippen molar-refractivity contribution in [3.63, 3.8) is 0 Å². The van der Waals surface area contributed by atoms with E-state index >= 15 is 0 Å². The Morgan fingerprint density at radius 3 is 2.62 bits per heavy atom. The summed E-state index contributed by atoms with van der Waals surface area (Å²) in [6.07, 6.45) is 0. The Bertz CT molecular complexity index is 724. The van der Waals surface area contributed by atoms with Crippen LogP contribution in [0.2, 0.25) is 0 Å². The van der Waals surface area contributed by atoms with Crippen molar-refractivity contribution in [2.45, 2.75) is 25.3 Å². The van der Waals surface area contributed by atoms with Gasteiger partial charge in [0.25, 0.3) is 0 Å². The standard InChI is InChI=1S/C14H19N3O2S2/c1-3-17-21(18,19)12-6-7-13(15)14(8-12)16-9-11-5-4-10(2)20-11/h4-8,16-17H,3,9,15H2,1-2H3. The van der Waals surface area contributed by atoms with Crippen molar-refractivity contribution in [2.75, 3.05) is 17.6 Å². The zero-order valence-electron chi connectivity index (χ0n) is 12.0. The summed E-state index contributed by atoms with van der Waals surface area (Å²) in [7, 11) is -3.47. The van der Waals surface area contributed by atoms with E-state index in [9.17, 15) is 8.42 Å². The molecule has 0 aliphatic rings. The lowest BCUT2D eigenvalue weighted by atomic mass is 10.2. The van der Waals surface area contributed by atoms with Crippen LogP contribution >= 0.6 is 11.3 Å². The molecule has 1 aromatic heterocycles. The molecule has 0 bridgehead atoms. The second-order valence-electron chi connectivity index (χ2n) is 4.62. The van der Waals surface area contributed by atoms with Gasteiger partial charge in [-0.1, -0.05) is 6.92 Å². The first-order valence-corrected chi connectivity index (χ1v) is 8.90. The Morgan fingerprint density at radius 2 is 2.00 bits per heavy atom. The van der Waals surface area contributed by atoms with Crippen LogP contribution in [-0.2, 0) is 16.6 Å². The maximum atomic E-state index is 12.0. The zero-order chi connectivity index (χ0) is 15.5. The monoisotopic (exact) mass is 325 g/mol. The average Bonchev–Trinajstić information content (AvgIpc) is 2.83. The molecular weight excluding hydrogens is 306 g/mol. The maximum absolute atomic E-state index is 12.0. The van der Waals surface area contributed by atoms with Gasteiger partial charge in [0.2, 0.25) is 10.0 Å². The summed E-state index contributed by atoms with van der Waals surface area (Å²) in [4.78, 5) is 2.62. The first-order valence-electron chi connectivity index (χ1n) is 6.60. The van der Waals surface area contributed by atoms with Gasteiger partial charge in [0.05, 0.1) is 16.3 Å². The number of nitrogens with two attached hydrogens (primary N) is 1. The molecule has 0 atom stereocenters. The van der Waals surface area contributed by atoms with Gasteiger partial charge in [0.1, 0.15) is 0 Å². The molecule has 7 heteroatoms. The Balaban J connectivity index is 2.19. The lowest BCUT2D eigenvalue weighted by Gasteiger charge is -2.11. The normalized spacial score (nSPS) is 11.5. The minimum atomic E-state index is -3.47. The molecule has 1 heterocycles. The second kappa shape index (κ2) is 6.46. The average molecular weight is 325 g/mol. The second-order valence-corrected chi connectivity index (χ2v) is 7.76. The number of hydrogen-bond acceptors (Lipinski definition) is 5. The van der Waals surface area contributed by atoms with Gasteiger partial charge >= 0.3 is 0 Å². The smallest absolute Gasteiger partial charge is 0.240 e. The molecule has 0 saturated heterocycles. The van der Waals surface area contributed by atoms with E-state index in [4.69, 9.17) is 5.73 Å². The largest absolute Gasteiger partial charge is 0.397 e. The molecule has 21 heavy (non-hydrogen) atoms. The predicted molar refractivity (Wildman–Crippen MR) is 88.1 cm³/mol. The third kappa shape index (κ3) is 3.96. The number of benzene rings is 1. The van der Waals surface area contributed by atoms with Gasteiger partial charge in [-0.2, -0.15) is 0 Å². The van der Waals surface area contributed by atoms with Crippen LogP contribution in [0.1, 0.15) is 16.7 Å². The number of nitrogens with one attached hydrogen (secondary N) is 2. The number of rotatable bonds is 6. The highest BCUT2D eigenvalue weighted by molar-refractivity contribution is 7.89. The third-order valence-electron chi connectivity index (χ3n) is 2.92. The van der Waals surface area contributed by atoms with Crippen LogP contribution in [0.5, 0.6) is 0 Å². The van der Waals surface area contributed by atoms with E-state index in [0.29, 0.717) is 24.5 Å². The fraction of sp³-hybridized carbons (Fsp3) is 0.286. The van der Waals surface area contributed by atoms with E-state index in [0.717, 1.165) is 0 Å². The summed E-state index contributed by atoms with van der Waals surface area (Å²) in [6.45, 7) is 4.76. The Hall–Kier alpha value is -1.57. The van der Waals surface area contributed by atoms with Crippen LogP contribution in [0.4, 0.5) is 11.4 Å². The summed E-state index contributed by atoms with van der Waals surface area (Å²) in [6, 6.07) is 8.77. The number of hydrogen-bond donors (Lipinski definition) is 3. The molecule has 0 fully saturated rings. The van der Waals surface area contributed by atoms with Gasteiger partial charge < -0.3 is 11.1 Å². The summed E-state index contributed by atoms with van der Waals surface area (Å²) in [5.74, 6) is 0. The fourth-order valence-corrected chi connectivity index (χ4v) is 3.79.